The standard InChI is InChI=1S/C15H11BrF4O4S.CH4/c1-10-2-6-13(7-3-10)24-25(21,22)15(19,20)14(17,18)23-12-8-4-11(16)5-9-12;/h2-9H,1H3;1H4. The van der Waals surface area contributed by atoms with Crippen molar-refractivity contribution in [2.45, 2.75) is 25.7 Å². The van der Waals surface area contributed by atoms with Gasteiger partial charge in [0.25, 0.3) is 0 Å². The summed E-state index contributed by atoms with van der Waals surface area (Å²) < 4.78 is 87.3. The van der Waals surface area contributed by atoms with Gasteiger partial charge in [-0.05, 0) is 43.3 Å². The molecule has 0 N–H and O–H groups in total. The maximum absolute atomic E-state index is 13.9. The largest absolute Gasteiger partial charge is 0.484 e. The van der Waals surface area contributed by atoms with Gasteiger partial charge in [-0.15, -0.1) is 0 Å². The van der Waals surface area contributed by atoms with E-state index in [0.29, 0.717) is 10.0 Å². The van der Waals surface area contributed by atoms with Gasteiger partial charge in [-0.3, -0.25) is 0 Å². The minimum Gasteiger partial charge on any atom is -0.427 e. The summed E-state index contributed by atoms with van der Waals surface area (Å²) in [6.45, 7) is 1.66. The molecule has 0 atom stereocenters. The van der Waals surface area contributed by atoms with Crippen LogP contribution in [0.2, 0.25) is 0 Å². The van der Waals surface area contributed by atoms with Gasteiger partial charge in [0.1, 0.15) is 11.5 Å². The van der Waals surface area contributed by atoms with Crippen molar-refractivity contribution in [1.82, 2.24) is 0 Å². The summed E-state index contributed by atoms with van der Waals surface area (Å²) in [5.74, 6) is -1.16. The summed E-state index contributed by atoms with van der Waals surface area (Å²) >= 11 is 3.03. The number of ether oxygens (including phenoxy) is 1. The average molecular weight is 459 g/mol. The van der Waals surface area contributed by atoms with Crippen LogP contribution in [0.5, 0.6) is 11.5 Å². The first-order valence-corrected chi connectivity index (χ1v) is 8.86. The van der Waals surface area contributed by atoms with Crippen LogP contribution in [-0.4, -0.2) is 19.8 Å². The molecule has 0 aliphatic rings. The van der Waals surface area contributed by atoms with E-state index < -0.39 is 33.0 Å². The molecule has 0 aliphatic carbocycles. The molecule has 0 saturated heterocycles. The monoisotopic (exact) mass is 458 g/mol. The van der Waals surface area contributed by atoms with E-state index in [1.165, 1.54) is 24.3 Å². The minimum atomic E-state index is -6.03. The summed E-state index contributed by atoms with van der Waals surface area (Å²) in [6.07, 6.45) is -5.36. The van der Waals surface area contributed by atoms with Crippen LogP contribution in [0.15, 0.2) is 53.0 Å². The fourth-order valence-corrected chi connectivity index (χ4v) is 2.69. The van der Waals surface area contributed by atoms with Crippen LogP contribution in [0.1, 0.15) is 13.0 Å². The summed E-state index contributed by atoms with van der Waals surface area (Å²) in [7, 11) is -6.03. The molecule has 0 amide bonds. The first kappa shape index (κ1) is 22.2. The van der Waals surface area contributed by atoms with Gasteiger partial charge >= 0.3 is 21.5 Å². The van der Waals surface area contributed by atoms with Gasteiger partial charge in [0.2, 0.25) is 0 Å². The minimum absolute atomic E-state index is 0. The molecule has 0 fully saturated rings. The van der Waals surface area contributed by atoms with Crippen LogP contribution in [0.4, 0.5) is 17.6 Å². The Kier molecular flexibility index (Phi) is 6.69. The van der Waals surface area contributed by atoms with Crippen molar-refractivity contribution in [1.29, 1.82) is 0 Å². The average Bonchev–Trinajstić information content (AvgIpc) is 2.51. The third-order valence-electron chi connectivity index (χ3n) is 2.94. The first-order chi connectivity index (χ1) is 11.4. The Morgan fingerprint density at radius 2 is 1.35 bits per heavy atom. The van der Waals surface area contributed by atoms with Crippen LogP contribution in [-0.2, 0) is 10.1 Å². The zero-order valence-electron chi connectivity index (χ0n) is 12.5. The zero-order valence-corrected chi connectivity index (χ0v) is 15.0. The maximum atomic E-state index is 13.9. The van der Waals surface area contributed by atoms with E-state index in [9.17, 15) is 26.0 Å². The number of alkyl halides is 4. The highest BCUT2D eigenvalue weighted by Crippen LogP contribution is 2.41. The van der Waals surface area contributed by atoms with E-state index in [2.05, 4.69) is 24.8 Å². The van der Waals surface area contributed by atoms with Crippen molar-refractivity contribution in [2.75, 3.05) is 0 Å². The van der Waals surface area contributed by atoms with Gasteiger partial charge in [-0.25, -0.2) is 0 Å². The van der Waals surface area contributed by atoms with Gasteiger partial charge < -0.3 is 8.92 Å². The van der Waals surface area contributed by atoms with Crippen molar-refractivity contribution in [3.05, 3.63) is 58.6 Å². The lowest BCUT2D eigenvalue weighted by atomic mass is 10.2. The molecule has 0 spiro atoms. The van der Waals surface area contributed by atoms with Crippen molar-refractivity contribution >= 4 is 26.0 Å². The number of hydrogen-bond donors (Lipinski definition) is 0. The van der Waals surface area contributed by atoms with E-state index >= 15 is 0 Å². The predicted molar refractivity (Wildman–Crippen MR) is 92.1 cm³/mol. The Morgan fingerprint density at radius 3 is 1.85 bits per heavy atom. The van der Waals surface area contributed by atoms with Crippen molar-refractivity contribution < 1.29 is 34.9 Å². The van der Waals surface area contributed by atoms with Crippen molar-refractivity contribution in [3.63, 3.8) is 0 Å². The van der Waals surface area contributed by atoms with Crippen LogP contribution >= 0.6 is 15.9 Å². The second-order valence-electron chi connectivity index (χ2n) is 4.94. The number of hydrogen-bond acceptors (Lipinski definition) is 4. The molecule has 2 aromatic carbocycles. The van der Waals surface area contributed by atoms with Gasteiger partial charge in [0.15, 0.2) is 0 Å². The van der Waals surface area contributed by atoms with Gasteiger partial charge in [0, 0.05) is 4.47 Å². The van der Waals surface area contributed by atoms with Crippen molar-refractivity contribution in [2.24, 2.45) is 0 Å². The van der Waals surface area contributed by atoms with Gasteiger partial charge in [0.05, 0.1) is 0 Å². The smallest absolute Gasteiger partial charge is 0.427 e. The van der Waals surface area contributed by atoms with Gasteiger partial charge in [-0.2, -0.15) is 26.0 Å². The zero-order chi connectivity index (χ0) is 18.9. The van der Waals surface area contributed by atoms with E-state index in [1.807, 2.05) is 0 Å². The third-order valence-corrected chi connectivity index (χ3v) is 4.75. The van der Waals surface area contributed by atoms with Crippen molar-refractivity contribution in [3.8, 4) is 11.5 Å². The SMILES string of the molecule is C.Cc1ccc(OS(=O)(=O)C(F)(F)C(F)(F)Oc2ccc(Br)cc2)cc1. The lowest BCUT2D eigenvalue weighted by Gasteiger charge is -2.25. The molecule has 0 saturated carbocycles. The Balaban J connectivity index is 0.00000338. The maximum Gasteiger partial charge on any atom is 0.484 e. The quantitative estimate of drug-likeness (QED) is 0.431. The number of benzene rings is 2. The number of aryl methyl sites for hydroxylation is 1. The lowest BCUT2D eigenvalue weighted by molar-refractivity contribution is -0.274. The van der Waals surface area contributed by atoms with E-state index in [0.717, 1.165) is 24.3 Å². The molecule has 0 radical (unpaired) electrons. The lowest BCUT2D eigenvalue weighted by Crippen LogP contribution is -2.52. The second kappa shape index (κ2) is 7.83. The van der Waals surface area contributed by atoms with E-state index in [4.69, 9.17) is 0 Å². The topological polar surface area (TPSA) is 52.6 Å². The molecule has 4 nitrogen and oxygen atoms in total. The summed E-state index contributed by atoms with van der Waals surface area (Å²) in [6, 6.07) is 9.36. The predicted octanol–water partition coefficient (Wildman–Crippen LogP) is 5.37. The highest BCUT2D eigenvalue weighted by atomic mass is 79.9. The number of rotatable bonds is 6. The second-order valence-corrected chi connectivity index (χ2v) is 7.44. The van der Waals surface area contributed by atoms with E-state index in [-0.39, 0.29) is 7.43 Å². The Labute approximate surface area is 157 Å². The summed E-state index contributed by atoms with van der Waals surface area (Å²) in [5.41, 5.74) is 0.695. The molecule has 0 bridgehead atoms. The highest BCUT2D eigenvalue weighted by molar-refractivity contribution is 9.10. The molecule has 0 heterocycles. The molecule has 26 heavy (non-hydrogen) atoms. The van der Waals surface area contributed by atoms with Gasteiger partial charge in [-0.1, -0.05) is 41.1 Å². The van der Waals surface area contributed by atoms with Crippen LogP contribution in [0, 0.1) is 6.92 Å². The molecule has 144 valence electrons. The molecule has 0 aromatic heterocycles. The third kappa shape index (κ3) is 4.67. The Bertz CT molecular complexity index is 838. The van der Waals surface area contributed by atoms with E-state index in [1.54, 1.807) is 6.92 Å². The molecular weight excluding hydrogens is 444 g/mol. The molecule has 10 heteroatoms. The molecule has 0 unspecified atom stereocenters. The molecule has 0 aliphatic heterocycles. The van der Waals surface area contributed by atoms with Crippen LogP contribution in [0.25, 0.3) is 0 Å². The fraction of sp³-hybridized carbons (Fsp3) is 0.250. The van der Waals surface area contributed by atoms with Crippen LogP contribution in [0.3, 0.4) is 0 Å². The Morgan fingerprint density at radius 1 is 0.885 bits per heavy atom. The number of halogens is 5. The van der Waals surface area contributed by atoms with Crippen LogP contribution < -0.4 is 8.92 Å². The summed E-state index contributed by atoms with van der Waals surface area (Å²) in [5, 5.41) is -5.63. The summed E-state index contributed by atoms with van der Waals surface area (Å²) in [4.78, 5) is 0. The molecular formula is C16H15BrF4O4S. The molecule has 2 rings (SSSR count). The highest BCUT2D eigenvalue weighted by Gasteiger charge is 2.70. The molecule has 2 aromatic rings. The first-order valence-electron chi connectivity index (χ1n) is 6.65. The Hall–Kier alpha value is -1.81. The normalized spacial score (nSPS) is 12.2. The fourth-order valence-electron chi connectivity index (χ4n) is 1.63.